The Kier molecular flexibility index (Phi) is 4.60. The summed E-state index contributed by atoms with van der Waals surface area (Å²) in [4.78, 5) is 14.4. The number of halogens is 1. The fourth-order valence-electron chi connectivity index (χ4n) is 2.72. The molecule has 1 heterocycles. The number of nitrogens with zero attached hydrogens (tertiary/aromatic N) is 1. The fraction of sp³-hybridized carbons (Fsp3) is 0.500. The molecule has 1 aliphatic heterocycles. The van der Waals surface area contributed by atoms with Gasteiger partial charge in [0.15, 0.2) is 0 Å². The molecule has 2 N–H and O–H groups in total. The van der Waals surface area contributed by atoms with Crippen molar-refractivity contribution >= 4 is 27.5 Å². The highest BCUT2D eigenvalue weighted by atomic mass is 35.5. The summed E-state index contributed by atoms with van der Waals surface area (Å²) in [5.74, 6) is -0.177. The van der Waals surface area contributed by atoms with Crippen molar-refractivity contribution in [2.45, 2.75) is 44.0 Å². The van der Waals surface area contributed by atoms with Crippen molar-refractivity contribution < 1.29 is 13.2 Å². The van der Waals surface area contributed by atoms with Crippen molar-refractivity contribution in [3.63, 3.8) is 0 Å². The average molecular weight is 331 g/mol. The van der Waals surface area contributed by atoms with E-state index in [4.69, 9.17) is 16.7 Å². The lowest BCUT2D eigenvalue weighted by Crippen LogP contribution is -2.35. The van der Waals surface area contributed by atoms with E-state index in [1.807, 2.05) is 6.92 Å². The van der Waals surface area contributed by atoms with Crippen LogP contribution in [0.1, 0.15) is 42.1 Å². The third kappa shape index (κ3) is 3.22. The van der Waals surface area contributed by atoms with E-state index in [1.165, 1.54) is 12.1 Å². The molecule has 5 nitrogen and oxygen atoms in total. The maximum atomic E-state index is 12.7. The highest BCUT2D eigenvalue weighted by Gasteiger charge is 2.30. The number of benzene rings is 1. The lowest BCUT2D eigenvalue weighted by atomic mass is 10.1. The number of carbonyl (C=O) groups excluding carboxylic acids is 1. The molecule has 0 aromatic heterocycles. The summed E-state index contributed by atoms with van der Waals surface area (Å²) in [6, 6.07) is 2.81. The fourth-order valence-corrected chi connectivity index (χ4v) is 3.57. The molecule has 1 aliphatic rings. The van der Waals surface area contributed by atoms with E-state index in [1.54, 1.807) is 11.8 Å². The molecular weight excluding hydrogens is 312 g/mol. The van der Waals surface area contributed by atoms with E-state index >= 15 is 0 Å². The van der Waals surface area contributed by atoms with E-state index in [-0.39, 0.29) is 21.9 Å². The molecule has 1 unspecified atom stereocenters. The van der Waals surface area contributed by atoms with Gasteiger partial charge in [0.2, 0.25) is 10.0 Å². The van der Waals surface area contributed by atoms with Gasteiger partial charge in [-0.25, -0.2) is 13.6 Å². The number of amides is 1. The number of carbonyl (C=O) groups is 1. The SMILES string of the molecule is CCC1CCCN1C(=O)c1cc(S(N)(=O)=O)cc(Cl)c1C. The number of hydrogen-bond donors (Lipinski definition) is 1. The predicted octanol–water partition coefficient (Wildman–Crippen LogP) is 2.31. The Bertz CT molecular complexity index is 673. The van der Waals surface area contributed by atoms with Crippen LogP contribution in [0.4, 0.5) is 0 Å². The molecule has 116 valence electrons. The monoisotopic (exact) mass is 330 g/mol. The van der Waals surface area contributed by atoms with Crippen molar-refractivity contribution in [2.75, 3.05) is 6.54 Å². The van der Waals surface area contributed by atoms with Gasteiger partial charge in [0.25, 0.3) is 5.91 Å². The zero-order chi connectivity index (χ0) is 15.8. The summed E-state index contributed by atoms with van der Waals surface area (Å²) in [7, 11) is -3.90. The van der Waals surface area contributed by atoms with Gasteiger partial charge in [-0.3, -0.25) is 4.79 Å². The predicted molar refractivity (Wildman–Crippen MR) is 81.9 cm³/mol. The highest BCUT2D eigenvalue weighted by Crippen LogP contribution is 2.28. The minimum absolute atomic E-state index is 0.131. The van der Waals surface area contributed by atoms with Gasteiger partial charge in [-0.2, -0.15) is 0 Å². The molecule has 1 atom stereocenters. The number of rotatable bonds is 3. The summed E-state index contributed by atoms with van der Waals surface area (Å²) in [5.41, 5.74) is 0.891. The number of nitrogens with two attached hydrogens (primary N) is 1. The van der Waals surface area contributed by atoms with Gasteiger partial charge in [0, 0.05) is 23.2 Å². The van der Waals surface area contributed by atoms with Crippen LogP contribution in [0, 0.1) is 6.92 Å². The van der Waals surface area contributed by atoms with Gasteiger partial charge < -0.3 is 4.90 Å². The Morgan fingerprint density at radius 2 is 2.14 bits per heavy atom. The molecule has 0 spiro atoms. The first-order chi connectivity index (χ1) is 9.75. The Hall–Kier alpha value is -1.11. The summed E-state index contributed by atoms with van der Waals surface area (Å²) in [5, 5.41) is 5.37. The van der Waals surface area contributed by atoms with Crippen LogP contribution in [0.25, 0.3) is 0 Å². The van der Waals surface area contributed by atoms with Crippen LogP contribution in [0.2, 0.25) is 5.02 Å². The number of sulfonamides is 1. The standard InChI is InChI=1S/C14H19ClN2O3S/c1-3-10-5-4-6-17(10)14(18)12-7-11(21(16,19)20)8-13(15)9(12)2/h7-8,10H,3-6H2,1-2H3,(H2,16,19,20). The molecule has 2 rings (SSSR count). The zero-order valence-electron chi connectivity index (χ0n) is 12.1. The Morgan fingerprint density at radius 3 is 2.71 bits per heavy atom. The van der Waals surface area contributed by atoms with Crippen LogP contribution in [-0.4, -0.2) is 31.8 Å². The van der Waals surface area contributed by atoms with Crippen LogP contribution in [0.15, 0.2) is 17.0 Å². The van der Waals surface area contributed by atoms with E-state index in [0.29, 0.717) is 17.7 Å². The highest BCUT2D eigenvalue weighted by molar-refractivity contribution is 7.89. The molecule has 1 aromatic rings. The Labute approximate surface area is 130 Å². The first-order valence-electron chi connectivity index (χ1n) is 6.89. The van der Waals surface area contributed by atoms with Gasteiger partial charge in [-0.15, -0.1) is 0 Å². The molecular formula is C14H19ClN2O3S. The largest absolute Gasteiger partial charge is 0.336 e. The van der Waals surface area contributed by atoms with Gasteiger partial charge in [0.05, 0.1) is 4.90 Å². The van der Waals surface area contributed by atoms with Crippen LogP contribution in [0.3, 0.4) is 0 Å². The first-order valence-corrected chi connectivity index (χ1v) is 8.82. The minimum atomic E-state index is -3.90. The second kappa shape index (κ2) is 5.94. The molecule has 0 saturated carbocycles. The molecule has 0 bridgehead atoms. The quantitative estimate of drug-likeness (QED) is 0.923. The molecule has 1 amide bonds. The molecule has 0 aliphatic carbocycles. The lowest BCUT2D eigenvalue weighted by Gasteiger charge is -2.25. The van der Waals surface area contributed by atoms with E-state index in [0.717, 1.165) is 19.3 Å². The van der Waals surface area contributed by atoms with Gasteiger partial charge in [-0.05, 0) is 43.9 Å². The van der Waals surface area contributed by atoms with Crippen LogP contribution < -0.4 is 5.14 Å². The van der Waals surface area contributed by atoms with E-state index < -0.39 is 10.0 Å². The smallest absolute Gasteiger partial charge is 0.254 e. The van der Waals surface area contributed by atoms with Crippen molar-refractivity contribution in [1.82, 2.24) is 4.90 Å². The van der Waals surface area contributed by atoms with Crippen molar-refractivity contribution in [2.24, 2.45) is 5.14 Å². The third-order valence-electron chi connectivity index (χ3n) is 3.99. The van der Waals surface area contributed by atoms with Crippen LogP contribution in [0.5, 0.6) is 0 Å². The average Bonchev–Trinajstić information content (AvgIpc) is 2.88. The molecule has 1 saturated heterocycles. The molecule has 1 fully saturated rings. The second-order valence-corrected chi connectivity index (χ2v) is 7.29. The van der Waals surface area contributed by atoms with Crippen molar-refractivity contribution in [1.29, 1.82) is 0 Å². The lowest BCUT2D eigenvalue weighted by molar-refractivity contribution is 0.0732. The van der Waals surface area contributed by atoms with Crippen molar-refractivity contribution in [3.8, 4) is 0 Å². The summed E-state index contributed by atoms with van der Waals surface area (Å²) >= 11 is 6.06. The van der Waals surface area contributed by atoms with Crippen LogP contribution in [-0.2, 0) is 10.0 Å². The molecule has 1 aromatic carbocycles. The zero-order valence-corrected chi connectivity index (χ0v) is 13.7. The van der Waals surface area contributed by atoms with E-state index in [9.17, 15) is 13.2 Å². The number of likely N-dealkylation sites (tertiary alicyclic amines) is 1. The summed E-state index contributed by atoms with van der Waals surface area (Å²) in [6.07, 6.45) is 2.82. The maximum absolute atomic E-state index is 12.7. The molecule has 0 radical (unpaired) electrons. The summed E-state index contributed by atoms with van der Waals surface area (Å²) < 4.78 is 23.0. The van der Waals surface area contributed by atoms with E-state index in [2.05, 4.69) is 0 Å². The molecule has 7 heteroatoms. The number of hydrogen-bond acceptors (Lipinski definition) is 3. The van der Waals surface area contributed by atoms with Crippen LogP contribution >= 0.6 is 11.6 Å². The van der Waals surface area contributed by atoms with Gasteiger partial charge in [0.1, 0.15) is 0 Å². The normalized spacial score (nSPS) is 19.0. The third-order valence-corrected chi connectivity index (χ3v) is 5.27. The minimum Gasteiger partial charge on any atom is -0.336 e. The Balaban J connectivity index is 2.48. The second-order valence-electron chi connectivity index (χ2n) is 5.33. The van der Waals surface area contributed by atoms with Crippen molar-refractivity contribution in [3.05, 3.63) is 28.3 Å². The number of primary sulfonamides is 1. The van der Waals surface area contributed by atoms with Gasteiger partial charge >= 0.3 is 0 Å². The maximum Gasteiger partial charge on any atom is 0.254 e. The summed E-state index contributed by atoms with van der Waals surface area (Å²) in [6.45, 7) is 4.43. The topological polar surface area (TPSA) is 80.5 Å². The Morgan fingerprint density at radius 1 is 1.48 bits per heavy atom. The first kappa shape index (κ1) is 16.3. The molecule has 21 heavy (non-hydrogen) atoms. The van der Waals surface area contributed by atoms with Gasteiger partial charge in [-0.1, -0.05) is 18.5 Å².